The molecule has 0 bridgehead atoms. The van der Waals surface area contributed by atoms with Gasteiger partial charge in [-0.1, -0.05) is 0 Å². The molecular weight excluding hydrogens is 322 g/mol. The van der Waals surface area contributed by atoms with Crippen LogP contribution in [-0.4, -0.2) is 50.9 Å². The summed E-state index contributed by atoms with van der Waals surface area (Å²) in [4.78, 5) is 22.2. The summed E-state index contributed by atoms with van der Waals surface area (Å²) in [6.07, 6.45) is 4.38. The van der Waals surface area contributed by atoms with Crippen LogP contribution in [0.4, 0.5) is 5.69 Å². The minimum absolute atomic E-state index is 0.0174. The lowest BCUT2D eigenvalue weighted by Crippen LogP contribution is -2.55. The van der Waals surface area contributed by atoms with Gasteiger partial charge in [-0.05, 0) is 37.2 Å². The minimum atomic E-state index is -0.206. The summed E-state index contributed by atoms with van der Waals surface area (Å²) in [5.74, 6) is 6.25. The number of carbonyl (C=O) groups excluding carboxylic acids is 1. The van der Waals surface area contributed by atoms with E-state index in [1.54, 1.807) is 19.2 Å². The summed E-state index contributed by atoms with van der Waals surface area (Å²) in [5.41, 5.74) is 1.76. The van der Waals surface area contributed by atoms with Gasteiger partial charge in [0, 0.05) is 26.8 Å². The van der Waals surface area contributed by atoms with Crippen LogP contribution >= 0.6 is 0 Å². The fourth-order valence-corrected chi connectivity index (χ4v) is 4.45. The van der Waals surface area contributed by atoms with Crippen LogP contribution in [0.3, 0.4) is 0 Å². The van der Waals surface area contributed by atoms with E-state index in [0.29, 0.717) is 22.5 Å². The van der Waals surface area contributed by atoms with Gasteiger partial charge in [0.2, 0.25) is 0 Å². The fourth-order valence-electron chi connectivity index (χ4n) is 4.45. The molecule has 4 rings (SSSR count). The molecule has 2 heterocycles. The summed E-state index contributed by atoms with van der Waals surface area (Å²) < 4.78 is 11.2. The molecule has 1 saturated carbocycles. The van der Waals surface area contributed by atoms with Crippen LogP contribution in [-0.2, 0) is 4.74 Å². The van der Waals surface area contributed by atoms with Crippen LogP contribution in [0.5, 0.6) is 11.5 Å². The van der Waals surface area contributed by atoms with Crippen molar-refractivity contribution in [3.05, 3.63) is 17.7 Å². The highest BCUT2D eigenvalue weighted by Crippen LogP contribution is 2.56. The van der Waals surface area contributed by atoms with Crippen molar-refractivity contribution in [3.8, 4) is 11.5 Å². The van der Waals surface area contributed by atoms with Crippen molar-refractivity contribution in [1.82, 2.24) is 4.90 Å². The van der Waals surface area contributed by atoms with Crippen molar-refractivity contribution in [2.75, 3.05) is 32.7 Å². The summed E-state index contributed by atoms with van der Waals surface area (Å²) in [6.45, 7) is 0.772. The topological polar surface area (TPSA) is 77.3 Å². The lowest BCUT2D eigenvalue weighted by atomic mass is 9.87. The Bertz CT molecular complexity index is 704. The van der Waals surface area contributed by atoms with Crippen LogP contribution in [0.25, 0.3) is 0 Å². The average Bonchev–Trinajstić information content (AvgIpc) is 3.39. The second-order valence-corrected chi connectivity index (χ2v) is 7.40. The molecule has 1 amide bonds. The Hall–Kier alpha value is -1.99. The molecule has 1 aromatic rings. The molecule has 0 radical (unpaired) electrons. The van der Waals surface area contributed by atoms with Crippen molar-refractivity contribution < 1.29 is 19.1 Å². The van der Waals surface area contributed by atoms with Gasteiger partial charge < -0.3 is 24.1 Å². The molecule has 7 heteroatoms. The molecule has 1 saturated heterocycles. The number of nitrogens with two attached hydrogens (primary N) is 1. The van der Waals surface area contributed by atoms with Crippen LogP contribution in [0.15, 0.2) is 12.1 Å². The molecule has 1 aliphatic carbocycles. The molecule has 136 valence electrons. The summed E-state index contributed by atoms with van der Waals surface area (Å²) in [7, 11) is 5.19. The SMILES string of the molecule is COc1cc2c(cc1ON)N(C)C(OC)C1CC3(CCN1C2=O)CC3. The number of nitrogens with zero attached hydrogens (tertiary/aromatic N) is 2. The average molecular weight is 347 g/mol. The monoisotopic (exact) mass is 347 g/mol. The number of fused-ring (bicyclic) bond motifs is 2. The van der Waals surface area contributed by atoms with Gasteiger partial charge >= 0.3 is 0 Å². The lowest BCUT2D eigenvalue weighted by Gasteiger charge is -2.43. The number of rotatable bonds is 3. The molecule has 1 spiro atoms. The van der Waals surface area contributed by atoms with E-state index in [1.165, 1.54) is 20.0 Å². The first-order chi connectivity index (χ1) is 12.0. The van der Waals surface area contributed by atoms with Gasteiger partial charge in [-0.2, -0.15) is 5.90 Å². The molecule has 1 aromatic carbocycles. The Morgan fingerprint density at radius 3 is 2.56 bits per heavy atom. The first kappa shape index (κ1) is 16.5. The molecule has 0 aromatic heterocycles. The summed E-state index contributed by atoms with van der Waals surface area (Å²) in [6, 6.07) is 3.51. The van der Waals surface area contributed by atoms with Crippen molar-refractivity contribution in [2.45, 2.75) is 38.0 Å². The normalized spacial score (nSPS) is 26.8. The summed E-state index contributed by atoms with van der Waals surface area (Å²) in [5, 5.41) is 0. The van der Waals surface area contributed by atoms with Crippen LogP contribution in [0.2, 0.25) is 0 Å². The van der Waals surface area contributed by atoms with Gasteiger partial charge in [-0.15, -0.1) is 0 Å². The van der Waals surface area contributed by atoms with Gasteiger partial charge in [-0.3, -0.25) is 4.79 Å². The summed E-state index contributed by atoms with van der Waals surface area (Å²) >= 11 is 0. The zero-order chi connectivity index (χ0) is 17.8. The molecule has 3 aliphatic rings. The number of anilines is 1. The molecular formula is C18H25N3O4. The third kappa shape index (κ3) is 2.45. The Kier molecular flexibility index (Phi) is 3.81. The molecule has 2 unspecified atom stereocenters. The lowest BCUT2D eigenvalue weighted by molar-refractivity contribution is -0.00950. The number of hydrogen-bond acceptors (Lipinski definition) is 6. The second kappa shape index (κ2) is 5.78. The zero-order valence-corrected chi connectivity index (χ0v) is 14.9. The second-order valence-electron chi connectivity index (χ2n) is 7.40. The van der Waals surface area contributed by atoms with E-state index in [-0.39, 0.29) is 18.2 Å². The van der Waals surface area contributed by atoms with Gasteiger partial charge in [-0.25, -0.2) is 0 Å². The van der Waals surface area contributed by atoms with Gasteiger partial charge in [0.05, 0.1) is 24.4 Å². The number of ether oxygens (including phenoxy) is 2. The number of piperidine rings is 1. The highest BCUT2D eigenvalue weighted by atomic mass is 16.6. The number of methoxy groups -OCH3 is 2. The third-order valence-corrected chi connectivity index (χ3v) is 6.12. The molecule has 2 N–H and O–H groups in total. The van der Waals surface area contributed by atoms with Crippen molar-refractivity contribution in [3.63, 3.8) is 0 Å². The van der Waals surface area contributed by atoms with Crippen LogP contribution < -0.4 is 20.4 Å². The molecule has 2 fully saturated rings. The minimum Gasteiger partial charge on any atom is -0.493 e. The number of carbonyl (C=O) groups is 1. The zero-order valence-electron chi connectivity index (χ0n) is 14.9. The first-order valence-corrected chi connectivity index (χ1v) is 8.69. The van der Waals surface area contributed by atoms with Crippen LogP contribution in [0, 0.1) is 5.41 Å². The Balaban J connectivity index is 1.82. The third-order valence-electron chi connectivity index (χ3n) is 6.12. The predicted molar refractivity (Wildman–Crippen MR) is 92.7 cm³/mol. The molecule has 2 aliphatic heterocycles. The van der Waals surface area contributed by atoms with Gasteiger partial charge in [0.1, 0.15) is 6.23 Å². The van der Waals surface area contributed by atoms with E-state index < -0.39 is 0 Å². The quantitative estimate of drug-likeness (QED) is 0.840. The Morgan fingerprint density at radius 1 is 1.20 bits per heavy atom. The Morgan fingerprint density at radius 2 is 1.96 bits per heavy atom. The van der Waals surface area contributed by atoms with Gasteiger partial charge in [0.25, 0.3) is 5.91 Å². The van der Waals surface area contributed by atoms with Crippen molar-refractivity contribution in [2.24, 2.45) is 11.3 Å². The number of benzene rings is 1. The van der Waals surface area contributed by atoms with E-state index in [4.69, 9.17) is 20.2 Å². The van der Waals surface area contributed by atoms with Crippen LogP contribution in [0.1, 0.15) is 36.0 Å². The standard InChI is InChI=1S/C18H25N3O4/c1-20-12-9-15(25-19)14(23-2)8-11(12)16(22)21-7-6-18(4-5-18)10-13(21)17(20)24-3/h8-9,13,17H,4-7,10,19H2,1-3H3. The maximum absolute atomic E-state index is 13.3. The van der Waals surface area contributed by atoms with Crippen molar-refractivity contribution in [1.29, 1.82) is 0 Å². The van der Waals surface area contributed by atoms with Crippen molar-refractivity contribution >= 4 is 11.6 Å². The maximum Gasteiger partial charge on any atom is 0.256 e. The number of hydrogen-bond donors (Lipinski definition) is 1. The van der Waals surface area contributed by atoms with E-state index in [1.807, 2.05) is 16.8 Å². The highest BCUT2D eigenvalue weighted by Gasteiger charge is 2.53. The maximum atomic E-state index is 13.3. The Labute approximate surface area is 147 Å². The van der Waals surface area contributed by atoms with E-state index >= 15 is 0 Å². The molecule has 25 heavy (non-hydrogen) atoms. The van der Waals surface area contributed by atoms with E-state index in [9.17, 15) is 4.79 Å². The first-order valence-electron chi connectivity index (χ1n) is 8.69. The number of likely N-dealkylation sites (N-methyl/N-ethyl adjacent to an activating group) is 1. The molecule has 2 atom stereocenters. The fraction of sp³-hybridized carbons (Fsp3) is 0.611. The van der Waals surface area contributed by atoms with E-state index in [0.717, 1.165) is 25.1 Å². The highest BCUT2D eigenvalue weighted by molar-refractivity contribution is 6.01. The van der Waals surface area contributed by atoms with Gasteiger partial charge in [0.15, 0.2) is 11.5 Å². The number of amides is 1. The predicted octanol–water partition coefficient (Wildman–Crippen LogP) is 1.75. The smallest absolute Gasteiger partial charge is 0.256 e. The molecule has 7 nitrogen and oxygen atoms in total. The largest absolute Gasteiger partial charge is 0.493 e. The van der Waals surface area contributed by atoms with E-state index in [2.05, 4.69) is 0 Å².